The number of nitrogens with zero attached hydrogens (tertiary/aromatic N) is 2. The van der Waals surface area contributed by atoms with Crippen molar-refractivity contribution in [1.29, 1.82) is 0 Å². The highest BCUT2D eigenvalue weighted by Crippen LogP contribution is 2.27. The second kappa shape index (κ2) is 10.6. The smallest absolute Gasteiger partial charge is 0.363 e. The van der Waals surface area contributed by atoms with Gasteiger partial charge in [0.05, 0.1) is 14.2 Å². The fraction of sp³-hybridized carbons (Fsp3) is 0.231. The van der Waals surface area contributed by atoms with E-state index < -0.39 is 5.97 Å². The van der Waals surface area contributed by atoms with Crippen molar-refractivity contribution in [2.45, 2.75) is 27.7 Å². The fourth-order valence-electron chi connectivity index (χ4n) is 3.25. The number of hydrogen-bond acceptors (Lipinski definition) is 8. The number of benzene rings is 2. The standard InChI is InChI=1S/C13H13NO4.C13H13NO2/c1-8-14-11(13(15)18-8)6-9-4-5-10(16-2)7-12(9)17-3;1-8-4-5-11(9(2)6-8)7-12-13(15)16-10(3)14-12/h4-7H,1-3H3;4-7H,1-3H3/b11-6-;12-7-. The summed E-state index contributed by atoms with van der Waals surface area (Å²) in [6.07, 6.45) is 3.38. The molecule has 0 atom stereocenters. The molecule has 176 valence electrons. The molecule has 8 heteroatoms. The van der Waals surface area contributed by atoms with Crippen LogP contribution in [0, 0.1) is 13.8 Å². The Balaban J connectivity index is 0.000000192. The molecule has 2 aromatic carbocycles. The Bertz CT molecular complexity index is 1250. The topological polar surface area (TPSA) is 95.8 Å². The molecule has 0 aromatic heterocycles. The number of methoxy groups -OCH3 is 2. The number of cyclic esters (lactones) is 2. The SMILES string of the molecule is CC1=N/C(=C\c2ccc(C)cc2C)C(=O)O1.COc1ccc(/C=C2\N=C(C)OC2=O)c(OC)c1. The molecule has 4 rings (SSSR count). The molecule has 0 aliphatic carbocycles. The van der Waals surface area contributed by atoms with Crippen LogP contribution in [-0.4, -0.2) is 38.0 Å². The van der Waals surface area contributed by atoms with Crippen molar-refractivity contribution in [3.8, 4) is 11.5 Å². The Morgan fingerprint density at radius 1 is 0.735 bits per heavy atom. The summed E-state index contributed by atoms with van der Waals surface area (Å²) in [6.45, 7) is 7.34. The Morgan fingerprint density at radius 3 is 1.76 bits per heavy atom. The summed E-state index contributed by atoms with van der Waals surface area (Å²) in [7, 11) is 3.13. The number of rotatable bonds is 4. The fourth-order valence-corrected chi connectivity index (χ4v) is 3.25. The van der Waals surface area contributed by atoms with Crippen LogP contribution in [0.5, 0.6) is 11.5 Å². The zero-order chi connectivity index (χ0) is 24.8. The third-order valence-electron chi connectivity index (χ3n) is 4.91. The first-order valence-corrected chi connectivity index (χ1v) is 10.5. The van der Waals surface area contributed by atoms with Gasteiger partial charge in [0.1, 0.15) is 11.5 Å². The number of aliphatic imine (C=N–C) groups is 2. The Hall–Kier alpha value is -4.20. The van der Waals surface area contributed by atoms with Gasteiger partial charge in [-0.25, -0.2) is 19.6 Å². The highest BCUT2D eigenvalue weighted by Gasteiger charge is 2.21. The first-order chi connectivity index (χ1) is 16.2. The van der Waals surface area contributed by atoms with Crippen LogP contribution in [0.25, 0.3) is 12.2 Å². The quantitative estimate of drug-likeness (QED) is 0.485. The third kappa shape index (κ3) is 5.98. The Kier molecular flexibility index (Phi) is 7.63. The van der Waals surface area contributed by atoms with Gasteiger partial charge in [-0.15, -0.1) is 0 Å². The average molecular weight is 463 g/mol. The van der Waals surface area contributed by atoms with Crippen LogP contribution in [0.4, 0.5) is 0 Å². The lowest BCUT2D eigenvalue weighted by molar-refractivity contribution is -0.130. The molecular weight excluding hydrogens is 436 g/mol. The van der Waals surface area contributed by atoms with Crippen molar-refractivity contribution in [2.24, 2.45) is 9.98 Å². The normalized spacial score (nSPS) is 17.0. The number of carbonyl (C=O) groups excluding carboxylic acids is 2. The highest BCUT2D eigenvalue weighted by atomic mass is 16.6. The molecule has 34 heavy (non-hydrogen) atoms. The third-order valence-corrected chi connectivity index (χ3v) is 4.91. The van der Waals surface area contributed by atoms with E-state index in [0.29, 0.717) is 29.0 Å². The molecule has 0 fully saturated rings. The molecule has 0 saturated carbocycles. The van der Waals surface area contributed by atoms with Gasteiger partial charge in [0.2, 0.25) is 0 Å². The van der Waals surface area contributed by atoms with Gasteiger partial charge >= 0.3 is 11.9 Å². The van der Waals surface area contributed by atoms with E-state index in [1.165, 1.54) is 5.56 Å². The minimum Gasteiger partial charge on any atom is -0.497 e. The van der Waals surface area contributed by atoms with Crippen LogP contribution in [0.1, 0.15) is 36.1 Å². The van der Waals surface area contributed by atoms with Gasteiger partial charge in [0.15, 0.2) is 23.2 Å². The Morgan fingerprint density at radius 2 is 1.29 bits per heavy atom. The maximum Gasteiger partial charge on any atom is 0.363 e. The molecule has 2 heterocycles. The second-order valence-corrected chi connectivity index (χ2v) is 7.57. The van der Waals surface area contributed by atoms with E-state index in [2.05, 4.69) is 16.1 Å². The molecular formula is C26H26N2O6. The number of ether oxygens (including phenoxy) is 4. The Labute approximate surface area is 198 Å². The van der Waals surface area contributed by atoms with Gasteiger partial charge in [-0.3, -0.25) is 0 Å². The predicted octanol–water partition coefficient (Wildman–Crippen LogP) is 4.64. The van der Waals surface area contributed by atoms with Crippen molar-refractivity contribution in [3.05, 3.63) is 70.0 Å². The summed E-state index contributed by atoms with van der Waals surface area (Å²) in [5.74, 6) is 1.21. The van der Waals surface area contributed by atoms with Gasteiger partial charge in [0, 0.05) is 25.5 Å². The molecule has 0 saturated heterocycles. The van der Waals surface area contributed by atoms with E-state index in [4.69, 9.17) is 18.9 Å². The van der Waals surface area contributed by atoms with E-state index >= 15 is 0 Å². The minimum atomic E-state index is -0.453. The number of esters is 2. The lowest BCUT2D eigenvalue weighted by atomic mass is 10.0. The minimum absolute atomic E-state index is 0.260. The lowest BCUT2D eigenvalue weighted by Gasteiger charge is -2.07. The lowest BCUT2D eigenvalue weighted by Crippen LogP contribution is -2.00. The largest absolute Gasteiger partial charge is 0.497 e. The summed E-state index contributed by atoms with van der Waals surface area (Å²) in [4.78, 5) is 30.8. The summed E-state index contributed by atoms with van der Waals surface area (Å²) < 4.78 is 20.0. The number of carbonyl (C=O) groups is 2. The monoisotopic (exact) mass is 462 g/mol. The molecule has 0 radical (unpaired) electrons. The van der Waals surface area contributed by atoms with Crippen LogP contribution in [0.3, 0.4) is 0 Å². The molecule has 0 unspecified atom stereocenters. The molecule has 0 amide bonds. The van der Waals surface area contributed by atoms with Crippen LogP contribution in [0.15, 0.2) is 57.8 Å². The first kappa shape index (κ1) is 24.4. The van der Waals surface area contributed by atoms with E-state index in [9.17, 15) is 9.59 Å². The van der Waals surface area contributed by atoms with Gasteiger partial charge in [-0.05, 0) is 49.3 Å². The summed E-state index contributed by atoms with van der Waals surface area (Å²) in [5, 5.41) is 0. The first-order valence-electron chi connectivity index (χ1n) is 10.5. The zero-order valence-corrected chi connectivity index (χ0v) is 20.0. The maximum absolute atomic E-state index is 11.4. The summed E-state index contributed by atoms with van der Waals surface area (Å²) in [5.41, 5.74) is 4.69. The predicted molar refractivity (Wildman–Crippen MR) is 130 cm³/mol. The summed E-state index contributed by atoms with van der Waals surface area (Å²) >= 11 is 0. The van der Waals surface area contributed by atoms with Crippen molar-refractivity contribution in [1.82, 2.24) is 0 Å². The highest BCUT2D eigenvalue weighted by molar-refractivity contribution is 6.07. The van der Waals surface area contributed by atoms with Gasteiger partial charge in [0.25, 0.3) is 0 Å². The van der Waals surface area contributed by atoms with Crippen molar-refractivity contribution < 1.29 is 28.5 Å². The van der Waals surface area contributed by atoms with Crippen LogP contribution in [0.2, 0.25) is 0 Å². The molecule has 0 bridgehead atoms. The van der Waals surface area contributed by atoms with E-state index in [1.807, 2.05) is 26.0 Å². The van der Waals surface area contributed by atoms with Crippen molar-refractivity contribution in [2.75, 3.05) is 14.2 Å². The molecule has 2 aliphatic heterocycles. The molecule has 0 N–H and O–H groups in total. The van der Waals surface area contributed by atoms with E-state index in [-0.39, 0.29) is 11.7 Å². The molecule has 0 spiro atoms. The zero-order valence-electron chi connectivity index (χ0n) is 20.0. The molecule has 2 aliphatic rings. The van der Waals surface area contributed by atoms with Crippen LogP contribution < -0.4 is 9.47 Å². The van der Waals surface area contributed by atoms with Crippen molar-refractivity contribution in [3.63, 3.8) is 0 Å². The van der Waals surface area contributed by atoms with Gasteiger partial charge < -0.3 is 18.9 Å². The average Bonchev–Trinajstić information content (AvgIpc) is 3.29. The van der Waals surface area contributed by atoms with E-state index in [1.54, 1.807) is 58.4 Å². The summed E-state index contributed by atoms with van der Waals surface area (Å²) in [6, 6.07) is 11.4. The number of aryl methyl sites for hydroxylation is 2. The van der Waals surface area contributed by atoms with Gasteiger partial charge in [-0.1, -0.05) is 23.8 Å². The van der Waals surface area contributed by atoms with Gasteiger partial charge in [-0.2, -0.15) is 0 Å². The maximum atomic E-state index is 11.4. The second-order valence-electron chi connectivity index (χ2n) is 7.57. The van der Waals surface area contributed by atoms with Crippen LogP contribution >= 0.6 is 0 Å². The van der Waals surface area contributed by atoms with E-state index in [0.717, 1.165) is 16.7 Å². The van der Waals surface area contributed by atoms with Crippen molar-refractivity contribution >= 4 is 35.9 Å². The number of hydrogen-bond donors (Lipinski definition) is 0. The van der Waals surface area contributed by atoms with Crippen LogP contribution in [-0.2, 0) is 19.1 Å². The molecule has 2 aromatic rings. The molecule has 8 nitrogen and oxygen atoms in total.